The molecule has 3 heterocycles. The van der Waals surface area contributed by atoms with Crippen LogP contribution in [0.15, 0.2) is 40.2 Å². The van der Waals surface area contributed by atoms with E-state index in [2.05, 4.69) is 36.1 Å². The van der Waals surface area contributed by atoms with Crippen molar-refractivity contribution in [1.29, 1.82) is 0 Å². The Balaban J connectivity index is 0.00000300. The summed E-state index contributed by atoms with van der Waals surface area (Å²) in [5.74, 6) is 2.96. The van der Waals surface area contributed by atoms with Gasteiger partial charge in [0.15, 0.2) is 5.96 Å². The predicted octanol–water partition coefficient (Wildman–Crippen LogP) is 3.57. The van der Waals surface area contributed by atoms with Crippen molar-refractivity contribution >= 4 is 29.9 Å². The normalized spacial score (nSPS) is 16.3. The minimum Gasteiger partial charge on any atom is -0.468 e. The Kier molecular flexibility index (Phi) is 10.5. The number of likely N-dealkylation sites (tertiary alicyclic amines) is 1. The van der Waals surface area contributed by atoms with Gasteiger partial charge in [0.05, 0.1) is 12.3 Å². The van der Waals surface area contributed by atoms with Crippen molar-refractivity contribution in [2.75, 3.05) is 33.2 Å². The Morgan fingerprint density at radius 1 is 1.24 bits per heavy atom. The summed E-state index contributed by atoms with van der Waals surface area (Å²) in [5.41, 5.74) is 0. The minimum absolute atomic E-state index is 0. The molecule has 2 aromatic heterocycles. The van der Waals surface area contributed by atoms with E-state index in [0.29, 0.717) is 0 Å². The number of nitrogens with one attached hydrogen (secondary N) is 2. The molecule has 1 saturated heterocycles. The lowest BCUT2D eigenvalue weighted by molar-refractivity contribution is 0.146. The second kappa shape index (κ2) is 12.9. The van der Waals surface area contributed by atoms with Gasteiger partial charge in [-0.2, -0.15) is 0 Å². The van der Waals surface area contributed by atoms with E-state index in [1.807, 2.05) is 32.4 Å². The fraction of sp³-hybridized carbons (Fsp3) is 0.619. The molecule has 162 valence electrons. The number of hydrogen-bond donors (Lipinski definition) is 2. The maximum atomic E-state index is 5.72. The average molecular weight is 514 g/mol. The lowest BCUT2D eigenvalue weighted by atomic mass is 10.1. The average Bonchev–Trinajstić information content (AvgIpc) is 3.39. The topological polar surface area (TPSA) is 70.6 Å². The van der Waals surface area contributed by atoms with Crippen LogP contribution in [0.1, 0.15) is 49.7 Å². The van der Waals surface area contributed by atoms with Crippen LogP contribution < -0.4 is 10.6 Å². The number of rotatable bonds is 9. The summed E-state index contributed by atoms with van der Waals surface area (Å²) in [6, 6.07) is 4.30. The fourth-order valence-electron chi connectivity index (χ4n) is 3.79. The molecule has 1 unspecified atom stereocenters. The highest BCUT2D eigenvalue weighted by atomic mass is 127. The van der Waals surface area contributed by atoms with Crippen molar-refractivity contribution in [3.05, 3.63) is 42.4 Å². The van der Waals surface area contributed by atoms with Crippen molar-refractivity contribution < 1.29 is 4.42 Å². The van der Waals surface area contributed by atoms with E-state index < -0.39 is 0 Å². The number of hydrogen-bond acceptors (Lipinski definition) is 4. The zero-order valence-corrected chi connectivity index (χ0v) is 20.0. The molecule has 0 radical (unpaired) electrons. The summed E-state index contributed by atoms with van der Waals surface area (Å²) >= 11 is 0. The van der Waals surface area contributed by atoms with E-state index in [0.717, 1.165) is 63.1 Å². The number of imidazole rings is 1. The molecule has 1 fully saturated rings. The molecule has 7 nitrogen and oxygen atoms in total. The van der Waals surface area contributed by atoms with Gasteiger partial charge in [-0.05, 0) is 57.8 Å². The SMILES string of the molecule is CN=C(NCCCCn1ccnc1C)NCC(c1ccco1)N1CCCCC1.I. The largest absolute Gasteiger partial charge is 0.468 e. The fourth-order valence-corrected chi connectivity index (χ4v) is 3.79. The molecule has 2 aromatic rings. The molecule has 0 spiro atoms. The van der Waals surface area contributed by atoms with Gasteiger partial charge in [0.2, 0.25) is 0 Å². The number of guanidine groups is 1. The maximum Gasteiger partial charge on any atom is 0.191 e. The molecule has 0 bridgehead atoms. The van der Waals surface area contributed by atoms with Crippen LogP contribution in [0.25, 0.3) is 0 Å². The third kappa shape index (κ3) is 7.33. The summed E-state index contributed by atoms with van der Waals surface area (Å²) in [6.45, 7) is 7.01. The highest BCUT2D eigenvalue weighted by Gasteiger charge is 2.24. The molecular weight excluding hydrogens is 479 g/mol. The molecule has 2 N–H and O–H groups in total. The number of furan rings is 1. The zero-order valence-electron chi connectivity index (χ0n) is 17.6. The Morgan fingerprint density at radius 2 is 2.07 bits per heavy atom. The summed E-state index contributed by atoms with van der Waals surface area (Å²) in [5, 5.41) is 6.92. The number of nitrogens with zero attached hydrogens (tertiary/aromatic N) is 4. The smallest absolute Gasteiger partial charge is 0.191 e. The van der Waals surface area contributed by atoms with Crippen molar-refractivity contribution in [3.63, 3.8) is 0 Å². The van der Waals surface area contributed by atoms with E-state index in [1.54, 1.807) is 6.26 Å². The molecule has 3 rings (SSSR count). The Morgan fingerprint density at radius 3 is 2.72 bits per heavy atom. The number of piperidine rings is 1. The summed E-state index contributed by atoms with van der Waals surface area (Å²) in [7, 11) is 1.83. The lowest BCUT2D eigenvalue weighted by Crippen LogP contribution is -2.44. The van der Waals surface area contributed by atoms with E-state index in [1.165, 1.54) is 19.3 Å². The first-order valence-corrected chi connectivity index (χ1v) is 10.5. The summed E-state index contributed by atoms with van der Waals surface area (Å²) in [6.07, 6.45) is 11.7. The first-order valence-electron chi connectivity index (χ1n) is 10.5. The van der Waals surface area contributed by atoms with Gasteiger partial charge in [-0.15, -0.1) is 24.0 Å². The summed E-state index contributed by atoms with van der Waals surface area (Å²) < 4.78 is 7.92. The Labute approximate surface area is 191 Å². The van der Waals surface area contributed by atoms with Gasteiger partial charge in [-0.3, -0.25) is 9.89 Å². The number of halogens is 1. The second-order valence-corrected chi connectivity index (χ2v) is 7.38. The third-order valence-corrected chi connectivity index (χ3v) is 5.43. The number of aliphatic imine (C=N–C) groups is 1. The van der Waals surface area contributed by atoms with E-state index in [-0.39, 0.29) is 30.0 Å². The molecule has 0 aliphatic carbocycles. The molecule has 1 aliphatic rings. The molecule has 0 aromatic carbocycles. The van der Waals surface area contributed by atoms with Gasteiger partial charge in [-0.25, -0.2) is 4.98 Å². The van der Waals surface area contributed by atoms with Crippen molar-refractivity contribution in [3.8, 4) is 0 Å². The van der Waals surface area contributed by atoms with Gasteiger partial charge in [0, 0.05) is 39.1 Å². The maximum absolute atomic E-state index is 5.72. The first kappa shape index (κ1) is 23.7. The first-order chi connectivity index (χ1) is 13.8. The van der Waals surface area contributed by atoms with Crippen LogP contribution in [0.3, 0.4) is 0 Å². The van der Waals surface area contributed by atoms with Crippen LogP contribution >= 0.6 is 24.0 Å². The van der Waals surface area contributed by atoms with Crippen LogP contribution in [-0.2, 0) is 6.54 Å². The van der Waals surface area contributed by atoms with Crippen LogP contribution in [0, 0.1) is 6.92 Å². The highest BCUT2D eigenvalue weighted by molar-refractivity contribution is 14.0. The van der Waals surface area contributed by atoms with E-state index in [9.17, 15) is 0 Å². The van der Waals surface area contributed by atoms with Gasteiger partial charge >= 0.3 is 0 Å². The predicted molar refractivity (Wildman–Crippen MR) is 128 cm³/mol. The quantitative estimate of drug-likeness (QED) is 0.232. The molecule has 29 heavy (non-hydrogen) atoms. The van der Waals surface area contributed by atoms with Crippen LogP contribution in [-0.4, -0.2) is 53.6 Å². The zero-order chi connectivity index (χ0) is 19.6. The monoisotopic (exact) mass is 514 g/mol. The van der Waals surface area contributed by atoms with Crippen molar-refractivity contribution in [2.45, 2.75) is 51.6 Å². The van der Waals surface area contributed by atoms with Crippen molar-refractivity contribution in [1.82, 2.24) is 25.1 Å². The number of aromatic nitrogens is 2. The number of unbranched alkanes of at least 4 members (excludes halogenated alkanes) is 1. The Bertz CT molecular complexity index is 709. The molecule has 0 amide bonds. The van der Waals surface area contributed by atoms with E-state index >= 15 is 0 Å². The Hall–Kier alpha value is -1.55. The minimum atomic E-state index is 0. The standard InChI is InChI=1S/C21H34N6O.HI/c1-18-23-11-15-26(18)12-7-4-10-24-21(22-2)25-17-19(20-9-8-16-28-20)27-13-5-3-6-14-27;/h8-9,11,15-16,19H,3-7,10,12-14,17H2,1-2H3,(H2,22,24,25);1H. The number of aryl methyl sites for hydroxylation is 2. The van der Waals surface area contributed by atoms with Crippen LogP contribution in [0.4, 0.5) is 0 Å². The van der Waals surface area contributed by atoms with Gasteiger partial charge in [0.25, 0.3) is 0 Å². The van der Waals surface area contributed by atoms with E-state index in [4.69, 9.17) is 4.42 Å². The highest BCUT2D eigenvalue weighted by Crippen LogP contribution is 2.24. The summed E-state index contributed by atoms with van der Waals surface area (Å²) in [4.78, 5) is 11.2. The third-order valence-electron chi connectivity index (χ3n) is 5.43. The second-order valence-electron chi connectivity index (χ2n) is 7.38. The lowest BCUT2D eigenvalue weighted by Gasteiger charge is -2.33. The molecule has 0 saturated carbocycles. The van der Waals surface area contributed by atoms with Crippen LogP contribution in [0.2, 0.25) is 0 Å². The van der Waals surface area contributed by atoms with Gasteiger partial charge in [0.1, 0.15) is 11.6 Å². The molecule has 8 heteroatoms. The molecule has 1 aliphatic heterocycles. The van der Waals surface area contributed by atoms with Gasteiger partial charge < -0.3 is 19.6 Å². The molecule has 1 atom stereocenters. The van der Waals surface area contributed by atoms with Crippen LogP contribution in [0.5, 0.6) is 0 Å². The molecular formula is C21H35IN6O. The van der Waals surface area contributed by atoms with Crippen molar-refractivity contribution in [2.24, 2.45) is 4.99 Å². The van der Waals surface area contributed by atoms with Gasteiger partial charge in [-0.1, -0.05) is 6.42 Å².